The zero-order chi connectivity index (χ0) is 4.41. The van der Waals surface area contributed by atoms with Crippen molar-refractivity contribution in [3.05, 3.63) is 0 Å². The summed E-state index contributed by atoms with van der Waals surface area (Å²) >= 11 is 0. The Bertz CT molecular complexity index is 81.7. The van der Waals surface area contributed by atoms with Crippen LogP contribution in [0.5, 0.6) is 0 Å². The summed E-state index contributed by atoms with van der Waals surface area (Å²) < 4.78 is 0. The van der Waals surface area contributed by atoms with Crippen molar-refractivity contribution in [2.75, 3.05) is 0 Å². The molecular weight excluding hydrogens is 80.0 g/mol. The maximum Gasteiger partial charge on any atom is 0.158 e. The Hall–Kier alpha value is -0.770. The average Bonchev–Trinajstić information content (AvgIpc) is 1.86. The van der Waals surface area contributed by atoms with Crippen LogP contribution in [0.4, 0.5) is 0 Å². The van der Waals surface area contributed by atoms with Gasteiger partial charge in [-0.25, -0.2) is 0 Å². The van der Waals surface area contributed by atoms with E-state index in [0.717, 1.165) is 0 Å². The van der Waals surface area contributed by atoms with Gasteiger partial charge in [0.05, 0.1) is 6.21 Å². The molecule has 0 aromatic heterocycles. The Morgan fingerprint density at radius 3 is 2.67 bits per heavy atom. The molecule has 1 rings (SSSR count). The van der Waals surface area contributed by atoms with Crippen molar-refractivity contribution in [1.29, 1.82) is 0 Å². The Balaban J connectivity index is 2.60. The van der Waals surface area contributed by atoms with E-state index in [1.54, 1.807) is 0 Å². The van der Waals surface area contributed by atoms with Crippen LogP contribution in [0.2, 0.25) is 0 Å². The number of hydrogen-bond donors (Lipinski definition) is 1. The van der Waals surface area contributed by atoms with Crippen LogP contribution in [0.1, 0.15) is 0 Å². The van der Waals surface area contributed by atoms with E-state index >= 15 is 0 Å². The fourth-order valence-electron chi connectivity index (χ4n) is 0.217. The molecular formula is C2H4N4. The van der Waals surface area contributed by atoms with E-state index in [2.05, 4.69) is 15.4 Å². The molecule has 0 amide bonds. The zero-order valence-electron chi connectivity index (χ0n) is 3.07. The van der Waals surface area contributed by atoms with Crippen molar-refractivity contribution < 1.29 is 0 Å². The van der Waals surface area contributed by atoms with Gasteiger partial charge in [0.1, 0.15) is 0 Å². The van der Waals surface area contributed by atoms with E-state index in [0.29, 0.717) is 0 Å². The second kappa shape index (κ2) is 1.14. The molecule has 2 N–H and O–H groups in total. The van der Waals surface area contributed by atoms with Crippen LogP contribution >= 0.6 is 0 Å². The highest BCUT2D eigenvalue weighted by atomic mass is 15.4. The summed E-state index contributed by atoms with van der Waals surface area (Å²) in [6, 6.07) is 0. The number of rotatable bonds is 0. The van der Waals surface area contributed by atoms with Gasteiger partial charge in [-0.05, 0) is 5.22 Å². The van der Waals surface area contributed by atoms with Gasteiger partial charge >= 0.3 is 0 Å². The summed E-state index contributed by atoms with van der Waals surface area (Å²) in [5.74, 6) is 0. The first-order chi connectivity index (χ1) is 2.89. The average molecular weight is 84.1 g/mol. The summed E-state index contributed by atoms with van der Waals surface area (Å²) in [5.41, 5.74) is 5.12. The molecule has 0 radical (unpaired) electrons. The predicted octanol–water partition coefficient (Wildman–Crippen LogP) is -0.277. The Morgan fingerprint density at radius 2 is 2.50 bits per heavy atom. The normalized spacial score (nSPS) is 29.2. The molecule has 0 spiro atoms. The minimum Gasteiger partial charge on any atom is -0.303 e. The van der Waals surface area contributed by atoms with Gasteiger partial charge in [0.2, 0.25) is 0 Å². The van der Waals surface area contributed by atoms with E-state index in [4.69, 9.17) is 5.73 Å². The van der Waals surface area contributed by atoms with Crippen molar-refractivity contribution in [1.82, 2.24) is 0 Å². The van der Waals surface area contributed by atoms with Crippen molar-refractivity contribution in [3.63, 3.8) is 0 Å². The molecule has 0 saturated heterocycles. The molecule has 6 heavy (non-hydrogen) atoms. The second-order valence-corrected chi connectivity index (χ2v) is 0.960. The second-order valence-electron chi connectivity index (χ2n) is 0.960. The van der Waals surface area contributed by atoms with E-state index < -0.39 is 0 Å². The number of hydrogen-bond acceptors (Lipinski definition) is 4. The first-order valence-corrected chi connectivity index (χ1v) is 1.58. The molecule has 0 aromatic rings. The Morgan fingerprint density at radius 1 is 1.67 bits per heavy atom. The molecule has 1 aliphatic rings. The lowest BCUT2D eigenvalue weighted by atomic mass is 10.6. The van der Waals surface area contributed by atoms with Crippen molar-refractivity contribution in [2.24, 2.45) is 21.2 Å². The third kappa shape index (κ3) is 0.414. The van der Waals surface area contributed by atoms with Gasteiger partial charge < -0.3 is 5.73 Å². The molecule has 4 heteroatoms. The van der Waals surface area contributed by atoms with E-state index in [-0.39, 0.29) is 6.17 Å². The van der Waals surface area contributed by atoms with Crippen LogP contribution in [0.15, 0.2) is 15.4 Å². The third-order valence-electron chi connectivity index (χ3n) is 0.456. The molecule has 4 nitrogen and oxygen atoms in total. The van der Waals surface area contributed by atoms with Gasteiger partial charge in [0, 0.05) is 0 Å². The lowest BCUT2D eigenvalue weighted by Gasteiger charge is -1.79. The molecule has 32 valence electrons. The zero-order valence-corrected chi connectivity index (χ0v) is 3.07. The Labute approximate surface area is 34.8 Å². The predicted molar refractivity (Wildman–Crippen MR) is 21.3 cm³/mol. The van der Waals surface area contributed by atoms with Gasteiger partial charge in [-0.1, -0.05) is 0 Å². The molecule has 1 heterocycles. The summed E-state index contributed by atoms with van der Waals surface area (Å²) in [6.07, 6.45) is 1.19. The molecule has 0 saturated carbocycles. The maximum absolute atomic E-state index is 5.12. The molecule has 1 atom stereocenters. The smallest absolute Gasteiger partial charge is 0.158 e. The lowest BCUT2D eigenvalue weighted by molar-refractivity contribution is 0.882. The van der Waals surface area contributed by atoms with Crippen LogP contribution in [0.3, 0.4) is 0 Å². The Kier molecular flexibility index (Phi) is 0.648. The third-order valence-corrected chi connectivity index (χ3v) is 0.456. The minimum atomic E-state index is -0.287. The lowest BCUT2D eigenvalue weighted by Crippen LogP contribution is -2.14. The number of nitrogens with two attached hydrogens (primary N) is 1. The van der Waals surface area contributed by atoms with Crippen molar-refractivity contribution >= 4 is 6.21 Å². The van der Waals surface area contributed by atoms with Gasteiger partial charge in [-0.15, -0.1) is 10.2 Å². The van der Waals surface area contributed by atoms with E-state index in [1.807, 2.05) is 0 Å². The summed E-state index contributed by atoms with van der Waals surface area (Å²) in [7, 11) is 0. The first-order valence-electron chi connectivity index (χ1n) is 1.58. The largest absolute Gasteiger partial charge is 0.303 e. The molecule has 1 unspecified atom stereocenters. The van der Waals surface area contributed by atoms with Crippen LogP contribution in [0, 0.1) is 0 Å². The highest BCUT2D eigenvalue weighted by Gasteiger charge is 1.95. The van der Waals surface area contributed by atoms with E-state index in [1.165, 1.54) is 6.21 Å². The van der Waals surface area contributed by atoms with Crippen LogP contribution in [0.25, 0.3) is 0 Å². The molecule has 0 fully saturated rings. The summed E-state index contributed by atoms with van der Waals surface area (Å²) in [5, 5.41) is 10.0. The minimum absolute atomic E-state index is 0.287. The van der Waals surface area contributed by atoms with Crippen LogP contribution in [-0.4, -0.2) is 12.4 Å². The van der Waals surface area contributed by atoms with Crippen LogP contribution in [-0.2, 0) is 0 Å². The SMILES string of the molecule is NC1C=NN=N1. The van der Waals surface area contributed by atoms with Crippen molar-refractivity contribution in [3.8, 4) is 0 Å². The molecule has 1 aliphatic heterocycles. The maximum atomic E-state index is 5.12. The van der Waals surface area contributed by atoms with Crippen LogP contribution < -0.4 is 5.73 Å². The molecule has 0 bridgehead atoms. The van der Waals surface area contributed by atoms with Gasteiger partial charge in [0.25, 0.3) is 0 Å². The monoisotopic (exact) mass is 84.0 g/mol. The highest BCUT2D eigenvalue weighted by Crippen LogP contribution is 1.87. The van der Waals surface area contributed by atoms with E-state index in [9.17, 15) is 0 Å². The first kappa shape index (κ1) is 3.42. The van der Waals surface area contributed by atoms with Crippen molar-refractivity contribution in [2.45, 2.75) is 6.17 Å². The fraction of sp³-hybridized carbons (Fsp3) is 0.500. The quantitative estimate of drug-likeness (QED) is 0.431. The molecule has 0 aliphatic carbocycles. The highest BCUT2D eigenvalue weighted by molar-refractivity contribution is 5.64. The standard InChI is InChI=1S/C2H4N4/c3-2-1-4-6-5-2/h1-2H,3H2. The summed E-state index contributed by atoms with van der Waals surface area (Å²) in [4.78, 5) is 0. The van der Waals surface area contributed by atoms with Gasteiger partial charge in [0.15, 0.2) is 6.17 Å². The van der Waals surface area contributed by atoms with Gasteiger partial charge in [-0.2, -0.15) is 0 Å². The van der Waals surface area contributed by atoms with Gasteiger partial charge in [-0.3, -0.25) is 0 Å². The topological polar surface area (TPSA) is 63.1 Å². The number of nitrogens with zero attached hydrogens (tertiary/aromatic N) is 3. The summed E-state index contributed by atoms with van der Waals surface area (Å²) in [6.45, 7) is 0. The molecule has 0 aromatic carbocycles. The fourth-order valence-corrected chi connectivity index (χ4v) is 0.217.